The molecule has 1 aliphatic rings. The summed E-state index contributed by atoms with van der Waals surface area (Å²) in [5, 5.41) is 9.29. The van der Waals surface area contributed by atoms with Crippen LogP contribution in [0.15, 0.2) is 18.5 Å². The molecule has 0 radical (unpaired) electrons. The van der Waals surface area contributed by atoms with E-state index in [1.807, 2.05) is 0 Å². The molecule has 0 saturated heterocycles. The number of nitrogens with zero attached hydrogens (tertiary/aromatic N) is 2. The third-order valence-electron chi connectivity index (χ3n) is 3.47. The van der Waals surface area contributed by atoms with E-state index >= 15 is 0 Å². The summed E-state index contributed by atoms with van der Waals surface area (Å²) < 4.78 is 0. The first-order valence-electron chi connectivity index (χ1n) is 6.68. The van der Waals surface area contributed by atoms with Crippen molar-refractivity contribution in [3.8, 4) is 11.8 Å². The molecule has 1 amide bonds. The molecular weight excluding hydrogens is 254 g/mol. The Morgan fingerprint density at radius 1 is 1.60 bits per heavy atom. The molecule has 5 nitrogen and oxygen atoms in total. The number of aliphatic hydroxyl groups excluding tert-OH is 1. The third kappa shape index (κ3) is 3.35. The topological polar surface area (TPSA) is 79.5 Å². The third-order valence-corrected chi connectivity index (χ3v) is 3.47. The van der Waals surface area contributed by atoms with E-state index < -0.39 is 0 Å². The molecule has 1 saturated carbocycles. The molecule has 2 rings (SSSR count). The Morgan fingerprint density at radius 2 is 2.35 bits per heavy atom. The number of amides is 1. The van der Waals surface area contributed by atoms with Crippen LogP contribution in [0, 0.1) is 17.8 Å². The lowest BCUT2D eigenvalue weighted by Gasteiger charge is -2.34. The Labute approximate surface area is 118 Å². The fourth-order valence-electron chi connectivity index (χ4n) is 2.35. The maximum Gasteiger partial charge on any atom is 0.254 e. The lowest BCUT2D eigenvalue weighted by molar-refractivity contribution is 0.0265. The highest BCUT2D eigenvalue weighted by atomic mass is 16.3. The second kappa shape index (κ2) is 6.51. The number of carbonyl (C=O) groups is 1. The van der Waals surface area contributed by atoms with Gasteiger partial charge in [-0.25, -0.2) is 0 Å². The molecule has 3 N–H and O–H groups in total. The highest BCUT2D eigenvalue weighted by Crippen LogP contribution is 2.28. The number of hydrogen-bond acceptors (Lipinski definition) is 4. The van der Waals surface area contributed by atoms with Crippen LogP contribution in [-0.2, 0) is 0 Å². The maximum absolute atomic E-state index is 12.4. The van der Waals surface area contributed by atoms with Gasteiger partial charge in [0.05, 0.1) is 23.8 Å². The number of aromatic nitrogens is 1. The molecule has 0 atom stereocenters. The van der Waals surface area contributed by atoms with E-state index in [1.165, 1.54) is 0 Å². The molecular formula is C15H19N3O2. The molecule has 5 heteroatoms. The zero-order valence-corrected chi connectivity index (χ0v) is 11.5. The molecule has 0 aromatic carbocycles. The van der Waals surface area contributed by atoms with Crippen LogP contribution in [0.1, 0.15) is 28.8 Å². The molecule has 1 heterocycles. The summed E-state index contributed by atoms with van der Waals surface area (Å²) in [4.78, 5) is 18.1. The minimum absolute atomic E-state index is 0.0740. The molecule has 1 fully saturated rings. The van der Waals surface area contributed by atoms with Crippen molar-refractivity contribution in [3.63, 3.8) is 0 Å². The molecule has 20 heavy (non-hydrogen) atoms. The van der Waals surface area contributed by atoms with Gasteiger partial charge in [0, 0.05) is 26.0 Å². The first-order valence-corrected chi connectivity index (χ1v) is 6.68. The van der Waals surface area contributed by atoms with Gasteiger partial charge in [-0.3, -0.25) is 9.78 Å². The van der Waals surface area contributed by atoms with Crippen molar-refractivity contribution in [1.82, 2.24) is 9.88 Å². The first kappa shape index (κ1) is 14.5. The van der Waals surface area contributed by atoms with Gasteiger partial charge in [0.15, 0.2) is 0 Å². The smallest absolute Gasteiger partial charge is 0.254 e. The fourth-order valence-corrected chi connectivity index (χ4v) is 2.35. The second-order valence-electron chi connectivity index (χ2n) is 5.10. The van der Waals surface area contributed by atoms with E-state index in [-0.39, 0.29) is 18.6 Å². The largest absolute Gasteiger partial charge is 0.393 e. The van der Waals surface area contributed by atoms with Gasteiger partial charge in [0.25, 0.3) is 5.91 Å². The van der Waals surface area contributed by atoms with Gasteiger partial charge in [0.1, 0.15) is 0 Å². The summed E-state index contributed by atoms with van der Waals surface area (Å²) in [6, 6.07) is 1.68. The number of rotatable bonds is 3. The molecule has 0 unspecified atom stereocenters. The van der Waals surface area contributed by atoms with Crippen molar-refractivity contribution in [2.75, 3.05) is 20.1 Å². The van der Waals surface area contributed by atoms with Crippen LogP contribution in [0.2, 0.25) is 0 Å². The van der Waals surface area contributed by atoms with Gasteiger partial charge < -0.3 is 15.7 Å². The predicted octanol–water partition coefficient (Wildman–Crippen LogP) is 0.235. The van der Waals surface area contributed by atoms with Crippen molar-refractivity contribution in [2.24, 2.45) is 11.7 Å². The molecule has 0 bridgehead atoms. The fraction of sp³-hybridized carbons (Fsp3) is 0.467. The lowest BCUT2D eigenvalue weighted by Crippen LogP contribution is -2.39. The zero-order valence-electron chi connectivity index (χ0n) is 11.5. The van der Waals surface area contributed by atoms with Crippen molar-refractivity contribution >= 4 is 5.91 Å². The van der Waals surface area contributed by atoms with Crippen LogP contribution >= 0.6 is 0 Å². The molecule has 1 aliphatic carbocycles. The summed E-state index contributed by atoms with van der Waals surface area (Å²) in [5.41, 5.74) is 6.50. The second-order valence-corrected chi connectivity index (χ2v) is 5.10. The van der Waals surface area contributed by atoms with E-state index in [9.17, 15) is 9.90 Å². The minimum Gasteiger partial charge on any atom is -0.393 e. The molecule has 1 aromatic heterocycles. The van der Waals surface area contributed by atoms with Crippen molar-refractivity contribution in [1.29, 1.82) is 0 Å². The quantitative estimate of drug-likeness (QED) is 0.773. The van der Waals surface area contributed by atoms with Crippen LogP contribution in [-0.4, -0.2) is 47.1 Å². The highest BCUT2D eigenvalue weighted by Gasteiger charge is 2.29. The monoisotopic (exact) mass is 273 g/mol. The van der Waals surface area contributed by atoms with Crippen LogP contribution in [0.3, 0.4) is 0 Å². The van der Waals surface area contributed by atoms with E-state index in [1.54, 1.807) is 30.4 Å². The summed E-state index contributed by atoms with van der Waals surface area (Å²) in [6.45, 7) is 0.903. The van der Waals surface area contributed by atoms with Gasteiger partial charge in [-0.1, -0.05) is 11.8 Å². The summed E-state index contributed by atoms with van der Waals surface area (Å²) >= 11 is 0. The highest BCUT2D eigenvalue weighted by molar-refractivity contribution is 5.96. The van der Waals surface area contributed by atoms with Crippen LogP contribution in [0.5, 0.6) is 0 Å². The summed E-state index contributed by atoms with van der Waals surface area (Å²) in [6.07, 6.45) is 4.51. The summed E-state index contributed by atoms with van der Waals surface area (Å²) in [5.74, 6) is 5.93. The Morgan fingerprint density at radius 3 is 3.00 bits per heavy atom. The molecule has 106 valence electrons. The van der Waals surface area contributed by atoms with E-state index in [0.717, 1.165) is 12.8 Å². The first-order chi connectivity index (χ1) is 9.61. The standard InChI is InChI=1S/C15H19N3O2/c1-18(10-11-7-13(19)8-11)15(20)14-4-6-17-9-12(14)3-2-5-16/h4,6,9,11,13,19H,5,7-8,10,16H2,1H3. The number of pyridine rings is 1. The Balaban J connectivity index is 2.08. The van der Waals surface area contributed by atoms with Crippen LogP contribution in [0.25, 0.3) is 0 Å². The number of nitrogens with two attached hydrogens (primary N) is 1. The van der Waals surface area contributed by atoms with Crippen LogP contribution < -0.4 is 5.73 Å². The average Bonchev–Trinajstić information content (AvgIpc) is 2.43. The van der Waals surface area contributed by atoms with Gasteiger partial charge in [0.2, 0.25) is 0 Å². The minimum atomic E-state index is -0.199. The van der Waals surface area contributed by atoms with Crippen molar-refractivity contribution in [3.05, 3.63) is 29.6 Å². The van der Waals surface area contributed by atoms with E-state index in [4.69, 9.17) is 5.73 Å². The molecule has 0 spiro atoms. The maximum atomic E-state index is 12.4. The van der Waals surface area contributed by atoms with Gasteiger partial charge in [-0.15, -0.1) is 0 Å². The van der Waals surface area contributed by atoms with Gasteiger partial charge in [-0.05, 0) is 24.8 Å². The van der Waals surface area contributed by atoms with Crippen molar-refractivity contribution in [2.45, 2.75) is 18.9 Å². The normalized spacial score (nSPS) is 20.6. The number of aliphatic hydroxyl groups is 1. The van der Waals surface area contributed by atoms with Crippen LogP contribution in [0.4, 0.5) is 0 Å². The van der Waals surface area contributed by atoms with E-state index in [2.05, 4.69) is 16.8 Å². The Bertz CT molecular complexity index is 542. The molecule has 1 aromatic rings. The number of carbonyl (C=O) groups excluding carboxylic acids is 1. The zero-order chi connectivity index (χ0) is 14.5. The SMILES string of the molecule is CN(CC1CC(O)C1)C(=O)c1ccncc1C#CCN. The Hall–Kier alpha value is -1.90. The summed E-state index contributed by atoms with van der Waals surface area (Å²) in [7, 11) is 1.77. The average molecular weight is 273 g/mol. The predicted molar refractivity (Wildman–Crippen MR) is 75.9 cm³/mol. The van der Waals surface area contributed by atoms with Crippen molar-refractivity contribution < 1.29 is 9.90 Å². The number of hydrogen-bond donors (Lipinski definition) is 2. The Kier molecular flexibility index (Phi) is 4.72. The van der Waals surface area contributed by atoms with E-state index in [0.29, 0.717) is 23.6 Å². The lowest BCUT2D eigenvalue weighted by atomic mass is 9.82. The van der Waals surface area contributed by atoms with Gasteiger partial charge >= 0.3 is 0 Å². The molecule has 0 aliphatic heterocycles. The van der Waals surface area contributed by atoms with Gasteiger partial charge in [-0.2, -0.15) is 0 Å².